The van der Waals surface area contributed by atoms with E-state index in [1.807, 2.05) is 0 Å². The average molecular weight is 401 g/mol. The van der Waals surface area contributed by atoms with Gasteiger partial charge < -0.3 is 5.11 Å². The third-order valence-corrected chi connectivity index (χ3v) is 11.1. The van der Waals surface area contributed by atoms with Crippen LogP contribution in [0.1, 0.15) is 106 Å². The Morgan fingerprint density at radius 1 is 0.966 bits per heavy atom. The second kappa shape index (κ2) is 7.99. The predicted molar refractivity (Wildman–Crippen MR) is 124 cm³/mol. The highest BCUT2D eigenvalue weighted by atomic mass is 16.3. The molecule has 4 aliphatic carbocycles. The van der Waals surface area contributed by atoms with Crippen LogP contribution in [-0.4, -0.2) is 11.2 Å². The van der Waals surface area contributed by atoms with Crippen LogP contribution in [0.25, 0.3) is 0 Å². The first-order valence-electron chi connectivity index (χ1n) is 13.0. The molecule has 0 bridgehead atoms. The third kappa shape index (κ3) is 3.66. The lowest BCUT2D eigenvalue weighted by Crippen LogP contribution is -2.50. The maximum atomic E-state index is 10.2. The number of fused-ring (bicyclic) bond motifs is 5. The Bertz CT molecular complexity index is 620. The van der Waals surface area contributed by atoms with Gasteiger partial charge in [0, 0.05) is 0 Å². The molecule has 9 atom stereocenters. The highest BCUT2D eigenvalue weighted by molar-refractivity contribution is 5.25. The monoisotopic (exact) mass is 400 g/mol. The molecule has 0 heterocycles. The van der Waals surface area contributed by atoms with Gasteiger partial charge in [0.05, 0.1) is 6.10 Å². The Labute approximate surface area is 181 Å². The van der Waals surface area contributed by atoms with E-state index in [2.05, 4.69) is 47.6 Å². The summed E-state index contributed by atoms with van der Waals surface area (Å²) >= 11 is 0. The number of hydrogen-bond acceptors (Lipinski definition) is 1. The van der Waals surface area contributed by atoms with E-state index in [1.54, 1.807) is 5.57 Å². The van der Waals surface area contributed by atoms with Crippen molar-refractivity contribution >= 4 is 0 Å². The zero-order valence-corrected chi connectivity index (χ0v) is 20.2. The quantitative estimate of drug-likeness (QED) is 0.470. The third-order valence-electron chi connectivity index (χ3n) is 11.1. The second-order valence-electron chi connectivity index (χ2n) is 12.7. The van der Waals surface area contributed by atoms with Crippen molar-refractivity contribution in [1.82, 2.24) is 0 Å². The number of hydrogen-bond donors (Lipinski definition) is 1. The van der Waals surface area contributed by atoms with Gasteiger partial charge in [0.25, 0.3) is 0 Å². The summed E-state index contributed by atoms with van der Waals surface area (Å²) < 4.78 is 0. The molecule has 1 nitrogen and oxygen atoms in total. The van der Waals surface area contributed by atoms with E-state index in [0.29, 0.717) is 10.8 Å². The Morgan fingerprint density at radius 2 is 1.72 bits per heavy atom. The summed E-state index contributed by atoms with van der Waals surface area (Å²) in [6, 6.07) is 0. The molecule has 29 heavy (non-hydrogen) atoms. The highest BCUT2D eigenvalue weighted by Crippen LogP contribution is 2.67. The van der Waals surface area contributed by atoms with Crippen molar-refractivity contribution in [3.63, 3.8) is 0 Å². The van der Waals surface area contributed by atoms with Crippen molar-refractivity contribution in [2.45, 2.75) is 112 Å². The fourth-order valence-corrected chi connectivity index (χ4v) is 8.68. The molecule has 1 N–H and O–H groups in total. The zero-order chi connectivity index (χ0) is 21.0. The standard InChI is InChI=1S/C28H48O/c1-18(2)19(3)7-8-20(4)24-11-12-25-23-10-9-21-17-22(29)13-15-27(21,5)26(23)14-16-28(24,25)6/h9,18-20,22-26,29H,7-8,10-17H2,1-6H3/t19-,20-,22+,23+,24-,25+,26+,27?,28?/m1/s1. The zero-order valence-electron chi connectivity index (χ0n) is 20.2. The molecule has 0 aromatic heterocycles. The first kappa shape index (κ1) is 21.9. The van der Waals surface area contributed by atoms with Crippen LogP contribution in [0.5, 0.6) is 0 Å². The second-order valence-corrected chi connectivity index (χ2v) is 12.7. The molecule has 1 heteroatoms. The molecule has 0 radical (unpaired) electrons. The van der Waals surface area contributed by atoms with Gasteiger partial charge in [-0.05, 0) is 104 Å². The molecule has 3 fully saturated rings. The largest absolute Gasteiger partial charge is 0.393 e. The van der Waals surface area contributed by atoms with Crippen molar-refractivity contribution < 1.29 is 5.11 Å². The van der Waals surface area contributed by atoms with E-state index in [4.69, 9.17) is 0 Å². The predicted octanol–water partition coefficient (Wildman–Crippen LogP) is 7.63. The lowest BCUT2D eigenvalue weighted by molar-refractivity contribution is -0.0574. The first-order chi connectivity index (χ1) is 13.7. The van der Waals surface area contributed by atoms with Gasteiger partial charge in [-0.15, -0.1) is 0 Å². The smallest absolute Gasteiger partial charge is 0.0577 e. The summed E-state index contributed by atoms with van der Waals surface area (Å²) in [7, 11) is 0. The van der Waals surface area contributed by atoms with Gasteiger partial charge in [-0.2, -0.15) is 0 Å². The minimum absolute atomic E-state index is 0.0790. The number of allylic oxidation sites excluding steroid dienone is 1. The maximum absolute atomic E-state index is 10.2. The lowest BCUT2D eigenvalue weighted by Gasteiger charge is -2.58. The van der Waals surface area contributed by atoms with Gasteiger partial charge in [0.1, 0.15) is 0 Å². The summed E-state index contributed by atoms with van der Waals surface area (Å²) in [5, 5.41) is 10.2. The average Bonchev–Trinajstić information content (AvgIpc) is 3.03. The van der Waals surface area contributed by atoms with Gasteiger partial charge in [-0.1, -0.05) is 66.0 Å². The first-order valence-corrected chi connectivity index (χ1v) is 13.0. The minimum Gasteiger partial charge on any atom is -0.393 e. The van der Waals surface area contributed by atoms with Gasteiger partial charge in [0.2, 0.25) is 0 Å². The summed E-state index contributed by atoms with van der Waals surface area (Å²) in [5.41, 5.74) is 2.59. The molecule has 3 saturated carbocycles. The van der Waals surface area contributed by atoms with Gasteiger partial charge in [0.15, 0.2) is 0 Å². The van der Waals surface area contributed by atoms with Crippen molar-refractivity contribution in [2.75, 3.05) is 0 Å². The van der Waals surface area contributed by atoms with Crippen LogP contribution in [0.2, 0.25) is 0 Å². The van der Waals surface area contributed by atoms with Crippen LogP contribution in [0.3, 0.4) is 0 Å². The van der Waals surface area contributed by atoms with Gasteiger partial charge >= 0.3 is 0 Å². The van der Waals surface area contributed by atoms with Crippen LogP contribution in [0.4, 0.5) is 0 Å². The van der Waals surface area contributed by atoms with Crippen LogP contribution < -0.4 is 0 Å². The van der Waals surface area contributed by atoms with Crippen molar-refractivity contribution in [3.05, 3.63) is 11.6 Å². The molecular weight excluding hydrogens is 352 g/mol. The van der Waals surface area contributed by atoms with Crippen molar-refractivity contribution in [1.29, 1.82) is 0 Å². The maximum Gasteiger partial charge on any atom is 0.0577 e. The van der Waals surface area contributed by atoms with Crippen LogP contribution >= 0.6 is 0 Å². The van der Waals surface area contributed by atoms with Crippen LogP contribution in [0.15, 0.2) is 11.6 Å². The summed E-state index contributed by atoms with van der Waals surface area (Å²) in [5.74, 6) is 6.24. The van der Waals surface area contributed by atoms with Gasteiger partial charge in [-0.25, -0.2) is 0 Å². The Balaban J connectivity index is 1.49. The lowest BCUT2D eigenvalue weighted by atomic mass is 9.47. The molecular formula is C28H48O. The van der Waals surface area contributed by atoms with Crippen LogP contribution in [0, 0.1) is 52.3 Å². The molecule has 4 aliphatic rings. The fraction of sp³-hybridized carbons (Fsp3) is 0.929. The number of aliphatic hydroxyl groups excluding tert-OH is 1. The minimum atomic E-state index is -0.0790. The molecule has 0 amide bonds. The van der Waals surface area contributed by atoms with E-state index in [0.717, 1.165) is 54.3 Å². The highest BCUT2D eigenvalue weighted by Gasteiger charge is 2.59. The molecule has 0 spiro atoms. The van der Waals surface area contributed by atoms with E-state index in [9.17, 15) is 5.11 Å². The van der Waals surface area contributed by atoms with Crippen LogP contribution in [-0.2, 0) is 0 Å². The number of rotatable bonds is 5. The normalized spacial score (nSPS) is 46.5. The van der Waals surface area contributed by atoms with E-state index >= 15 is 0 Å². The Kier molecular flexibility index (Phi) is 6.04. The topological polar surface area (TPSA) is 20.2 Å². The molecule has 166 valence electrons. The molecule has 2 unspecified atom stereocenters. The molecule has 0 aromatic rings. The Hall–Kier alpha value is -0.300. The summed E-state index contributed by atoms with van der Waals surface area (Å²) in [6.07, 6.45) is 15.7. The molecule has 0 saturated heterocycles. The van der Waals surface area contributed by atoms with E-state index < -0.39 is 0 Å². The summed E-state index contributed by atoms with van der Waals surface area (Å²) in [6.45, 7) is 15.1. The molecule has 0 aromatic carbocycles. The fourth-order valence-electron chi connectivity index (χ4n) is 8.68. The molecule has 0 aliphatic heterocycles. The van der Waals surface area contributed by atoms with E-state index in [-0.39, 0.29) is 6.10 Å². The summed E-state index contributed by atoms with van der Waals surface area (Å²) in [4.78, 5) is 0. The van der Waals surface area contributed by atoms with E-state index in [1.165, 1.54) is 51.4 Å². The number of aliphatic hydroxyl groups is 1. The van der Waals surface area contributed by atoms with Crippen molar-refractivity contribution in [3.8, 4) is 0 Å². The van der Waals surface area contributed by atoms with Gasteiger partial charge in [-0.3, -0.25) is 0 Å². The van der Waals surface area contributed by atoms with Crippen molar-refractivity contribution in [2.24, 2.45) is 52.3 Å². The SMILES string of the molecule is CC(C)[C@H](C)CC[C@@H](C)[C@H]1CC[C@H]2[C@@H]3CC=C4C[C@@H](O)CCC4(C)[C@H]3CCC12C. The molecule has 4 rings (SSSR count). The Morgan fingerprint density at radius 3 is 2.45 bits per heavy atom.